The van der Waals surface area contributed by atoms with Gasteiger partial charge in [-0.2, -0.15) is 0 Å². The maximum Gasteiger partial charge on any atom is 0.271 e. The van der Waals surface area contributed by atoms with Gasteiger partial charge >= 0.3 is 0 Å². The molecule has 0 aromatic heterocycles. The lowest BCUT2D eigenvalue weighted by Crippen LogP contribution is -2.49. The van der Waals surface area contributed by atoms with Crippen molar-refractivity contribution in [3.05, 3.63) is 74.3 Å². The van der Waals surface area contributed by atoms with Crippen LogP contribution in [-0.2, 0) is 0 Å². The topological polar surface area (TPSA) is 127 Å². The van der Waals surface area contributed by atoms with Gasteiger partial charge in [-0.15, -0.1) is 0 Å². The molecule has 0 heterocycles. The Bertz CT molecular complexity index is 888. The fraction of sp³-hybridized carbons (Fsp3) is 0.133. The molecule has 12 heteroatoms. The highest BCUT2D eigenvalue weighted by Crippen LogP contribution is 2.32. The van der Waals surface area contributed by atoms with Gasteiger partial charge in [-0.25, -0.2) is 0 Å². The second-order valence-corrected chi connectivity index (χ2v) is 7.58. The van der Waals surface area contributed by atoms with Crippen LogP contribution in [-0.4, -0.2) is 25.7 Å². The van der Waals surface area contributed by atoms with Gasteiger partial charge in [0.15, 0.2) is 0 Å². The Balaban J connectivity index is 2.23. The maximum atomic E-state index is 12.4. The highest BCUT2D eigenvalue weighted by Gasteiger charge is 2.34. The number of carbonyl (C=O) groups is 1. The molecule has 1 atom stereocenters. The van der Waals surface area contributed by atoms with Gasteiger partial charge in [0.2, 0.25) is 3.79 Å². The molecule has 0 saturated heterocycles. The third-order valence-electron chi connectivity index (χ3n) is 3.29. The Hall–Kier alpha value is -2.62. The first kappa shape index (κ1) is 20.7. The Morgan fingerprint density at radius 1 is 0.963 bits per heavy atom. The SMILES string of the molecule is O=C(N[C@@H](Nc1cccc([N+](=O)[O-])c1)C(Cl)(Cl)Cl)c1cccc([N+](=O)[O-])c1. The summed E-state index contributed by atoms with van der Waals surface area (Å²) < 4.78 is -2.03. The van der Waals surface area contributed by atoms with Crippen molar-refractivity contribution in [3.63, 3.8) is 0 Å². The van der Waals surface area contributed by atoms with Crippen LogP contribution in [0.25, 0.3) is 0 Å². The minimum atomic E-state index is -2.03. The molecule has 142 valence electrons. The van der Waals surface area contributed by atoms with E-state index in [0.717, 1.165) is 6.07 Å². The molecule has 0 fully saturated rings. The minimum Gasteiger partial charge on any atom is -0.362 e. The van der Waals surface area contributed by atoms with Crippen LogP contribution in [0.2, 0.25) is 0 Å². The number of rotatable bonds is 6. The van der Waals surface area contributed by atoms with Crippen LogP contribution < -0.4 is 10.6 Å². The zero-order chi connectivity index (χ0) is 20.2. The molecular formula is C15H11Cl3N4O5. The second kappa shape index (κ2) is 8.38. The van der Waals surface area contributed by atoms with E-state index in [1.807, 2.05) is 0 Å². The predicted octanol–water partition coefficient (Wildman–Crippen LogP) is 4.04. The summed E-state index contributed by atoms with van der Waals surface area (Å²) in [5.74, 6) is -0.743. The van der Waals surface area contributed by atoms with Gasteiger partial charge in [-0.3, -0.25) is 25.0 Å². The molecule has 2 aromatic carbocycles. The number of nitrogens with one attached hydrogen (secondary N) is 2. The second-order valence-electron chi connectivity index (χ2n) is 5.21. The summed E-state index contributed by atoms with van der Waals surface area (Å²) >= 11 is 17.6. The van der Waals surface area contributed by atoms with E-state index >= 15 is 0 Å². The summed E-state index contributed by atoms with van der Waals surface area (Å²) in [6.45, 7) is 0. The number of nitro groups is 2. The van der Waals surface area contributed by atoms with Crippen LogP contribution in [0.4, 0.5) is 17.1 Å². The van der Waals surface area contributed by atoms with Crippen LogP contribution in [0, 0.1) is 20.2 Å². The summed E-state index contributed by atoms with van der Waals surface area (Å²) in [5.41, 5.74) is -0.281. The molecule has 0 bridgehead atoms. The first-order valence-electron chi connectivity index (χ1n) is 7.21. The van der Waals surface area contributed by atoms with Crippen molar-refractivity contribution in [2.75, 3.05) is 5.32 Å². The van der Waals surface area contributed by atoms with E-state index in [1.165, 1.54) is 42.5 Å². The molecule has 9 nitrogen and oxygen atoms in total. The van der Waals surface area contributed by atoms with Crippen molar-refractivity contribution in [1.29, 1.82) is 0 Å². The van der Waals surface area contributed by atoms with E-state index in [4.69, 9.17) is 34.8 Å². The smallest absolute Gasteiger partial charge is 0.271 e. The quantitative estimate of drug-likeness (QED) is 0.306. The van der Waals surface area contributed by atoms with Gasteiger partial charge in [0.25, 0.3) is 17.3 Å². The van der Waals surface area contributed by atoms with Crippen molar-refractivity contribution >= 4 is 57.8 Å². The molecule has 0 radical (unpaired) electrons. The molecule has 27 heavy (non-hydrogen) atoms. The summed E-state index contributed by atoms with van der Waals surface area (Å²) in [4.78, 5) is 32.8. The van der Waals surface area contributed by atoms with Crippen LogP contribution in [0.3, 0.4) is 0 Å². The average Bonchev–Trinajstić information content (AvgIpc) is 2.60. The monoisotopic (exact) mass is 432 g/mol. The van der Waals surface area contributed by atoms with E-state index in [1.54, 1.807) is 0 Å². The molecule has 2 N–H and O–H groups in total. The number of hydrogen-bond acceptors (Lipinski definition) is 6. The van der Waals surface area contributed by atoms with Gasteiger partial charge in [0, 0.05) is 35.5 Å². The Labute approximate surface area is 167 Å². The lowest BCUT2D eigenvalue weighted by molar-refractivity contribution is -0.385. The maximum absolute atomic E-state index is 12.4. The zero-order valence-corrected chi connectivity index (χ0v) is 15.5. The van der Waals surface area contributed by atoms with Crippen molar-refractivity contribution in [2.24, 2.45) is 0 Å². The van der Waals surface area contributed by atoms with Gasteiger partial charge in [-0.1, -0.05) is 46.9 Å². The van der Waals surface area contributed by atoms with E-state index in [9.17, 15) is 25.0 Å². The van der Waals surface area contributed by atoms with Gasteiger partial charge in [-0.05, 0) is 12.1 Å². The van der Waals surface area contributed by atoms with Crippen molar-refractivity contribution in [3.8, 4) is 0 Å². The summed E-state index contributed by atoms with van der Waals surface area (Å²) in [7, 11) is 0. The number of halogens is 3. The third kappa shape index (κ3) is 5.68. The highest BCUT2D eigenvalue weighted by atomic mass is 35.6. The van der Waals surface area contributed by atoms with Crippen molar-refractivity contribution in [2.45, 2.75) is 9.96 Å². The molecule has 0 aliphatic heterocycles. The molecule has 1 amide bonds. The molecule has 0 spiro atoms. The highest BCUT2D eigenvalue weighted by molar-refractivity contribution is 6.68. The molecular weight excluding hydrogens is 423 g/mol. The standard InChI is InChI=1S/C15H11Cl3N4O5/c16-15(17,18)14(19-10-4-2-6-12(8-10)22(26)27)20-13(23)9-3-1-5-11(7-9)21(24)25/h1-8,14,19H,(H,20,23)/t14-/m1/s1. The summed E-state index contributed by atoms with van der Waals surface area (Å²) in [5, 5.41) is 26.8. The first-order chi connectivity index (χ1) is 12.6. The minimum absolute atomic E-state index is 0.0238. The normalized spacial score (nSPS) is 12.1. The number of amides is 1. The molecule has 2 rings (SSSR count). The predicted molar refractivity (Wildman–Crippen MR) is 101 cm³/mol. The van der Waals surface area contributed by atoms with Gasteiger partial charge in [0.05, 0.1) is 9.85 Å². The van der Waals surface area contributed by atoms with Gasteiger partial charge < -0.3 is 10.6 Å². The lowest BCUT2D eigenvalue weighted by atomic mass is 10.2. The number of anilines is 1. The number of benzene rings is 2. The van der Waals surface area contributed by atoms with Gasteiger partial charge in [0.1, 0.15) is 6.17 Å². The van der Waals surface area contributed by atoms with Crippen molar-refractivity contribution < 1.29 is 14.6 Å². The van der Waals surface area contributed by atoms with E-state index < -0.39 is 25.7 Å². The molecule has 0 aliphatic carbocycles. The fourth-order valence-electron chi connectivity index (χ4n) is 2.05. The Morgan fingerprint density at radius 2 is 1.52 bits per heavy atom. The number of hydrogen-bond donors (Lipinski definition) is 2. The Kier molecular flexibility index (Phi) is 6.42. The largest absolute Gasteiger partial charge is 0.362 e. The van der Waals surface area contributed by atoms with Crippen molar-refractivity contribution in [1.82, 2.24) is 5.32 Å². The number of nitrogens with zero attached hydrogens (tertiary/aromatic N) is 2. The van der Waals surface area contributed by atoms with Crippen LogP contribution in [0.15, 0.2) is 48.5 Å². The number of non-ortho nitro benzene ring substituents is 2. The van der Waals surface area contributed by atoms with Crippen LogP contribution in [0.5, 0.6) is 0 Å². The van der Waals surface area contributed by atoms with E-state index in [2.05, 4.69) is 10.6 Å². The first-order valence-corrected chi connectivity index (χ1v) is 8.34. The fourth-order valence-corrected chi connectivity index (χ4v) is 2.38. The number of carbonyl (C=O) groups excluding carboxylic acids is 1. The average molecular weight is 434 g/mol. The molecule has 0 unspecified atom stereocenters. The summed E-state index contributed by atoms with van der Waals surface area (Å²) in [6.07, 6.45) is -1.28. The zero-order valence-electron chi connectivity index (χ0n) is 13.3. The summed E-state index contributed by atoms with van der Waals surface area (Å²) in [6, 6.07) is 10.4. The molecule has 0 aliphatic rings. The lowest BCUT2D eigenvalue weighted by Gasteiger charge is -2.27. The van der Waals surface area contributed by atoms with E-state index in [0.29, 0.717) is 0 Å². The molecule has 2 aromatic rings. The van der Waals surface area contributed by atoms with E-state index in [-0.39, 0.29) is 22.6 Å². The van der Waals surface area contributed by atoms with Crippen LogP contribution in [0.1, 0.15) is 10.4 Å². The number of alkyl halides is 3. The Morgan fingerprint density at radius 3 is 2.07 bits per heavy atom. The number of nitro benzene ring substituents is 2. The van der Waals surface area contributed by atoms with Crippen LogP contribution >= 0.6 is 34.8 Å². The third-order valence-corrected chi connectivity index (χ3v) is 3.94. The molecule has 0 saturated carbocycles.